The largest absolute Gasteiger partial charge is 0.506 e. The van der Waals surface area contributed by atoms with Gasteiger partial charge in [-0.05, 0) is 47.7 Å². The second-order valence-electron chi connectivity index (χ2n) is 3.85. The average molecular weight is 193 g/mol. The lowest BCUT2D eigenvalue weighted by atomic mass is 9.92. The van der Waals surface area contributed by atoms with Crippen molar-refractivity contribution in [2.24, 2.45) is 5.18 Å². The quantitative estimate of drug-likeness (QED) is 0.730. The van der Waals surface area contributed by atoms with E-state index in [9.17, 15) is 10.0 Å². The van der Waals surface area contributed by atoms with E-state index in [2.05, 4.69) is 19.0 Å². The smallest absolute Gasteiger partial charge is 0.152 e. The summed E-state index contributed by atoms with van der Waals surface area (Å²) in [5.74, 6) is 0.301. The number of benzene rings is 1. The van der Waals surface area contributed by atoms with Crippen LogP contribution in [0.2, 0.25) is 0 Å². The lowest BCUT2D eigenvalue weighted by Crippen LogP contribution is -1.96. The van der Waals surface area contributed by atoms with E-state index in [4.69, 9.17) is 0 Å². The molecule has 0 atom stereocenters. The van der Waals surface area contributed by atoms with Gasteiger partial charge >= 0.3 is 0 Å². The predicted molar refractivity (Wildman–Crippen MR) is 57.1 cm³/mol. The number of aryl methyl sites for hydroxylation is 1. The van der Waals surface area contributed by atoms with Crippen molar-refractivity contribution >= 4 is 5.69 Å². The second-order valence-corrected chi connectivity index (χ2v) is 3.85. The van der Waals surface area contributed by atoms with Crippen molar-refractivity contribution < 1.29 is 5.11 Å². The molecule has 0 bridgehead atoms. The number of nitrogens with zero attached hydrogens (tertiary/aromatic N) is 1. The summed E-state index contributed by atoms with van der Waals surface area (Å²) in [6.45, 7) is 7.86. The zero-order valence-electron chi connectivity index (χ0n) is 8.96. The Morgan fingerprint density at radius 1 is 1.36 bits per heavy atom. The highest BCUT2D eigenvalue weighted by Crippen LogP contribution is 2.37. The Labute approximate surface area is 83.7 Å². The highest BCUT2D eigenvalue weighted by molar-refractivity contribution is 5.62. The average Bonchev–Trinajstić information content (AvgIpc) is 2.02. The van der Waals surface area contributed by atoms with Gasteiger partial charge in [-0.1, -0.05) is 13.8 Å². The van der Waals surface area contributed by atoms with Gasteiger partial charge < -0.3 is 5.11 Å². The molecule has 0 amide bonds. The maximum Gasteiger partial charge on any atom is 0.152 e. The van der Waals surface area contributed by atoms with Gasteiger partial charge in [0.1, 0.15) is 5.75 Å². The van der Waals surface area contributed by atoms with Gasteiger partial charge in [0.25, 0.3) is 0 Å². The van der Waals surface area contributed by atoms with E-state index < -0.39 is 0 Å². The van der Waals surface area contributed by atoms with E-state index >= 15 is 0 Å². The van der Waals surface area contributed by atoms with Gasteiger partial charge in [-0.15, -0.1) is 4.91 Å². The van der Waals surface area contributed by atoms with Gasteiger partial charge in [0.2, 0.25) is 0 Å². The number of hydrogen-bond donors (Lipinski definition) is 1. The van der Waals surface area contributed by atoms with Crippen LogP contribution in [-0.4, -0.2) is 5.11 Å². The summed E-state index contributed by atoms with van der Waals surface area (Å²) in [5.41, 5.74) is 3.05. The Balaban J connectivity index is 3.51. The first-order valence-electron chi connectivity index (χ1n) is 4.65. The maximum atomic E-state index is 10.5. The van der Waals surface area contributed by atoms with Gasteiger partial charge in [0.15, 0.2) is 5.69 Å². The summed E-state index contributed by atoms with van der Waals surface area (Å²) in [6.07, 6.45) is 0. The van der Waals surface area contributed by atoms with Crippen molar-refractivity contribution in [3.8, 4) is 5.75 Å². The van der Waals surface area contributed by atoms with E-state index in [1.54, 1.807) is 6.07 Å². The Morgan fingerprint density at radius 2 is 1.93 bits per heavy atom. The third-order valence-corrected chi connectivity index (χ3v) is 2.45. The van der Waals surface area contributed by atoms with E-state index in [-0.39, 0.29) is 11.4 Å². The minimum Gasteiger partial charge on any atom is -0.506 e. The van der Waals surface area contributed by atoms with Gasteiger partial charge in [-0.25, -0.2) is 0 Å². The Morgan fingerprint density at radius 3 is 2.36 bits per heavy atom. The first-order valence-corrected chi connectivity index (χ1v) is 4.65. The van der Waals surface area contributed by atoms with Crippen molar-refractivity contribution in [1.29, 1.82) is 0 Å². The molecule has 0 spiro atoms. The molecule has 0 unspecified atom stereocenters. The summed E-state index contributed by atoms with van der Waals surface area (Å²) in [7, 11) is 0. The summed E-state index contributed by atoms with van der Waals surface area (Å²) >= 11 is 0. The van der Waals surface area contributed by atoms with Crippen molar-refractivity contribution in [3.05, 3.63) is 27.7 Å². The fourth-order valence-electron chi connectivity index (χ4n) is 1.97. The van der Waals surface area contributed by atoms with Crippen LogP contribution in [0.5, 0.6) is 5.75 Å². The molecule has 0 radical (unpaired) electrons. The van der Waals surface area contributed by atoms with Gasteiger partial charge in [-0.3, -0.25) is 0 Å². The van der Waals surface area contributed by atoms with Crippen LogP contribution in [0.4, 0.5) is 5.69 Å². The van der Waals surface area contributed by atoms with Crippen LogP contribution in [-0.2, 0) is 0 Å². The Bertz CT molecular complexity index is 370. The Kier molecular flexibility index (Phi) is 2.89. The number of rotatable bonds is 2. The Hall–Kier alpha value is -1.38. The zero-order chi connectivity index (χ0) is 10.9. The van der Waals surface area contributed by atoms with Gasteiger partial charge in [0.05, 0.1) is 0 Å². The van der Waals surface area contributed by atoms with Crippen LogP contribution in [0, 0.1) is 18.8 Å². The number of phenols is 1. The zero-order valence-corrected chi connectivity index (χ0v) is 8.96. The monoisotopic (exact) mass is 193 g/mol. The lowest BCUT2D eigenvalue weighted by molar-refractivity contribution is 0.475. The molecule has 0 fully saturated rings. The number of nitroso groups, excluding NO2 is 1. The lowest BCUT2D eigenvalue weighted by Gasteiger charge is -2.15. The van der Waals surface area contributed by atoms with Crippen LogP contribution in [0.3, 0.4) is 0 Å². The molecule has 1 aromatic rings. The third-order valence-electron chi connectivity index (χ3n) is 2.45. The molecule has 0 aliphatic rings. The predicted octanol–water partition coefficient (Wildman–Crippen LogP) is 3.53. The molecule has 0 saturated carbocycles. The molecule has 0 heterocycles. The van der Waals surface area contributed by atoms with Crippen molar-refractivity contribution in [2.45, 2.75) is 33.6 Å². The minimum absolute atomic E-state index is 0.0283. The fourth-order valence-corrected chi connectivity index (χ4v) is 1.97. The van der Waals surface area contributed by atoms with Crippen LogP contribution < -0.4 is 0 Å². The summed E-state index contributed by atoms with van der Waals surface area (Å²) in [4.78, 5) is 10.5. The molecule has 0 saturated heterocycles. The highest BCUT2D eigenvalue weighted by Gasteiger charge is 2.15. The van der Waals surface area contributed by atoms with E-state index in [0.29, 0.717) is 5.92 Å². The first-order chi connectivity index (χ1) is 6.49. The summed E-state index contributed by atoms with van der Waals surface area (Å²) < 4.78 is 0. The fraction of sp³-hybridized carbons (Fsp3) is 0.455. The van der Waals surface area contributed by atoms with E-state index in [1.807, 2.05) is 13.8 Å². The number of aromatic hydroxyl groups is 1. The van der Waals surface area contributed by atoms with Crippen molar-refractivity contribution in [1.82, 2.24) is 0 Å². The minimum atomic E-state index is -0.0283. The first kappa shape index (κ1) is 10.7. The van der Waals surface area contributed by atoms with Gasteiger partial charge in [0, 0.05) is 0 Å². The standard InChI is InChI=1S/C11H15NO2/c1-6(2)10-7(3)5-9(13)11(12-14)8(10)4/h5-6,13H,1-4H3. The maximum absolute atomic E-state index is 10.5. The van der Waals surface area contributed by atoms with Crippen LogP contribution in [0.25, 0.3) is 0 Å². The molecule has 14 heavy (non-hydrogen) atoms. The molecule has 0 aliphatic heterocycles. The summed E-state index contributed by atoms with van der Waals surface area (Å²) in [5, 5.41) is 12.3. The van der Waals surface area contributed by atoms with Crippen LogP contribution >= 0.6 is 0 Å². The molecule has 1 N–H and O–H groups in total. The third kappa shape index (κ3) is 1.62. The number of hydrogen-bond acceptors (Lipinski definition) is 3. The molecule has 0 aromatic heterocycles. The number of phenolic OH excluding ortho intramolecular Hbond substituents is 1. The van der Waals surface area contributed by atoms with E-state index in [1.165, 1.54) is 0 Å². The van der Waals surface area contributed by atoms with E-state index in [0.717, 1.165) is 16.7 Å². The summed E-state index contributed by atoms with van der Waals surface area (Å²) in [6, 6.07) is 1.60. The van der Waals surface area contributed by atoms with Crippen molar-refractivity contribution in [3.63, 3.8) is 0 Å². The molecule has 3 nitrogen and oxygen atoms in total. The second kappa shape index (κ2) is 3.78. The highest BCUT2D eigenvalue weighted by atomic mass is 16.3. The van der Waals surface area contributed by atoms with Crippen LogP contribution in [0.15, 0.2) is 11.2 Å². The van der Waals surface area contributed by atoms with Crippen LogP contribution in [0.1, 0.15) is 36.5 Å². The molecule has 1 rings (SSSR count). The SMILES string of the molecule is Cc1cc(O)c(N=O)c(C)c1C(C)C. The normalized spacial score (nSPS) is 10.6. The van der Waals surface area contributed by atoms with Crippen molar-refractivity contribution in [2.75, 3.05) is 0 Å². The van der Waals surface area contributed by atoms with Gasteiger partial charge in [-0.2, -0.15) is 0 Å². The molecule has 76 valence electrons. The molecule has 1 aromatic carbocycles. The molecule has 0 aliphatic carbocycles. The molecule has 3 heteroatoms. The molecular formula is C11H15NO2. The topological polar surface area (TPSA) is 49.7 Å². The molecular weight excluding hydrogens is 178 g/mol.